The van der Waals surface area contributed by atoms with Gasteiger partial charge in [0.05, 0.1) is 12.4 Å². The SMILES string of the molecule is CC(CN)C(=O)NC(Cn1ccnc1)C(C)(C)C. The largest absolute Gasteiger partial charge is 0.351 e. The van der Waals surface area contributed by atoms with Gasteiger partial charge in [-0.2, -0.15) is 0 Å². The molecule has 1 amide bonds. The van der Waals surface area contributed by atoms with Gasteiger partial charge in [-0.1, -0.05) is 27.7 Å². The summed E-state index contributed by atoms with van der Waals surface area (Å²) in [4.78, 5) is 16.0. The number of imidazole rings is 1. The van der Waals surface area contributed by atoms with Crippen molar-refractivity contribution in [3.8, 4) is 0 Å². The third kappa shape index (κ3) is 4.14. The molecular formula is C13H24N4O. The van der Waals surface area contributed by atoms with Crippen molar-refractivity contribution in [3.05, 3.63) is 18.7 Å². The fourth-order valence-electron chi connectivity index (χ4n) is 1.56. The molecule has 3 N–H and O–H groups in total. The highest BCUT2D eigenvalue weighted by Gasteiger charge is 2.27. The van der Waals surface area contributed by atoms with Crippen molar-refractivity contribution >= 4 is 5.91 Å². The molecule has 0 saturated carbocycles. The first-order valence-electron chi connectivity index (χ1n) is 6.30. The Labute approximate surface area is 109 Å². The van der Waals surface area contributed by atoms with Crippen LogP contribution >= 0.6 is 0 Å². The average molecular weight is 252 g/mol. The van der Waals surface area contributed by atoms with Crippen molar-refractivity contribution in [2.24, 2.45) is 17.1 Å². The summed E-state index contributed by atoms with van der Waals surface area (Å²) in [6.07, 6.45) is 5.40. The molecule has 1 rings (SSSR count). The van der Waals surface area contributed by atoms with Gasteiger partial charge in [-0.25, -0.2) is 4.98 Å². The van der Waals surface area contributed by atoms with E-state index in [1.165, 1.54) is 0 Å². The Morgan fingerprint density at radius 2 is 2.17 bits per heavy atom. The topological polar surface area (TPSA) is 72.9 Å². The Hall–Kier alpha value is -1.36. The van der Waals surface area contributed by atoms with E-state index in [4.69, 9.17) is 5.73 Å². The van der Waals surface area contributed by atoms with E-state index in [0.717, 1.165) is 0 Å². The van der Waals surface area contributed by atoms with E-state index in [1.807, 2.05) is 17.7 Å². The van der Waals surface area contributed by atoms with Crippen molar-refractivity contribution in [3.63, 3.8) is 0 Å². The Bertz CT molecular complexity index is 367. The van der Waals surface area contributed by atoms with Crippen LogP contribution in [0.4, 0.5) is 0 Å². The molecule has 102 valence electrons. The maximum absolute atomic E-state index is 11.9. The number of nitrogens with two attached hydrogens (primary N) is 1. The number of carbonyl (C=O) groups excluding carboxylic acids is 1. The number of nitrogens with one attached hydrogen (secondary N) is 1. The van der Waals surface area contributed by atoms with Crippen LogP contribution < -0.4 is 11.1 Å². The average Bonchev–Trinajstić information content (AvgIpc) is 2.78. The van der Waals surface area contributed by atoms with Gasteiger partial charge in [0, 0.05) is 31.4 Å². The molecule has 0 aliphatic heterocycles. The maximum atomic E-state index is 11.9. The van der Waals surface area contributed by atoms with E-state index in [0.29, 0.717) is 13.1 Å². The van der Waals surface area contributed by atoms with Gasteiger partial charge in [0.25, 0.3) is 0 Å². The first-order valence-corrected chi connectivity index (χ1v) is 6.30. The van der Waals surface area contributed by atoms with Gasteiger partial charge >= 0.3 is 0 Å². The molecule has 18 heavy (non-hydrogen) atoms. The highest BCUT2D eigenvalue weighted by Crippen LogP contribution is 2.21. The lowest BCUT2D eigenvalue weighted by Crippen LogP contribution is -2.48. The Balaban J connectivity index is 2.71. The van der Waals surface area contributed by atoms with Crippen LogP contribution in [-0.2, 0) is 11.3 Å². The van der Waals surface area contributed by atoms with Gasteiger partial charge in [-0.15, -0.1) is 0 Å². The predicted octanol–water partition coefficient (Wildman–Crippen LogP) is 1.01. The predicted molar refractivity (Wildman–Crippen MR) is 71.8 cm³/mol. The number of rotatable bonds is 5. The molecule has 5 nitrogen and oxygen atoms in total. The minimum atomic E-state index is -0.155. The second-order valence-corrected chi connectivity index (χ2v) is 5.82. The van der Waals surface area contributed by atoms with Crippen LogP contribution in [0.25, 0.3) is 0 Å². The molecule has 0 saturated heterocycles. The third-order valence-corrected chi connectivity index (χ3v) is 3.12. The van der Waals surface area contributed by atoms with Crippen LogP contribution in [0, 0.1) is 11.3 Å². The van der Waals surface area contributed by atoms with E-state index < -0.39 is 0 Å². The number of carbonyl (C=O) groups is 1. The van der Waals surface area contributed by atoms with Gasteiger partial charge in [0.2, 0.25) is 5.91 Å². The molecule has 2 unspecified atom stereocenters. The Morgan fingerprint density at radius 3 is 2.61 bits per heavy atom. The first kappa shape index (κ1) is 14.7. The Kier molecular flexibility index (Phi) is 4.90. The zero-order valence-corrected chi connectivity index (χ0v) is 11.7. The summed E-state index contributed by atoms with van der Waals surface area (Å²) in [5, 5.41) is 3.08. The standard InChI is InChI=1S/C13H24N4O/c1-10(7-14)12(18)16-11(13(2,3)4)8-17-6-5-15-9-17/h5-6,9-11H,7-8,14H2,1-4H3,(H,16,18). The summed E-state index contributed by atoms with van der Waals surface area (Å²) >= 11 is 0. The molecular weight excluding hydrogens is 228 g/mol. The number of aromatic nitrogens is 2. The first-order chi connectivity index (χ1) is 8.34. The van der Waals surface area contributed by atoms with Crippen molar-refractivity contribution in [2.45, 2.75) is 40.3 Å². The van der Waals surface area contributed by atoms with E-state index in [2.05, 4.69) is 31.1 Å². The number of nitrogens with zero attached hydrogens (tertiary/aromatic N) is 2. The highest BCUT2D eigenvalue weighted by molar-refractivity contribution is 5.78. The zero-order valence-electron chi connectivity index (χ0n) is 11.7. The van der Waals surface area contributed by atoms with E-state index in [9.17, 15) is 4.79 Å². The number of hydrogen-bond acceptors (Lipinski definition) is 3. The maximum Gasteiger partial charge on any atom is 0.224 e. The molecule has 1 heterocycles. The summed E-state index contributed by atoms with van der Waals surface area (Å²) in [5.74, 6) is -0.143. The van der Waals surface area contributed by atoms with Crippen molar-refractivity contribution in [1.82, 2.24) is 14.9 Å². The summed E-state index contributed by atoms with van der Waals surface area (Å²) in [7, 11) is 0. The molecule has 0 spiro atoms. The summed E-state index contributed by atoms with van der Waals surface area (Å²) in [6, 6.07) is 0.0493. The minimum absolute atomic E-state index is 0.0116. The second kappa shape index (κ2) is 6.00. The smallest absolute Gasteiger partial charge is 0.224 e. The fourth-order valence-corrected chi connectivity index (χ4v) is 1.56. The van der Waals surface area contributed by atoms with Gasteiger partial charge in [-0.3, -0.25) is 4.79 Å². The lowest BCUT2D eigenvalue weighted by molar-refractivity contribution is -0.125. The summed E-state index contributed by atoms with van der Waals surface area (Å²) in [5.41, 5.74) is 5.50. The van der Waals surface area contributed by atoms with Crippen molar-refractivity contribution in [1.29, 1.82) is 0 Å². The molecule has 5 heteroatoms. The molecule has 0 fully saturated rings. The normalized spacial score (nSPS) is 15.2. The lowest BCUT2D eigenvalue weighted by Gasteiger charge is -2.32. The molecule has 0 aliphatic carbocycles. The van der Waals surface area contributed by atoms with Gasteiger partial charge < -0.3 is 15.6 Å². The third-order valence-electron chi connectivity index (χ3n) is 3.12. The summed E-state index contributed by atoms with van der Waals surface area (Å²) < 4.78 is 1.98. The molecule has 0 bridgehead atoms. The monoisotopic (exact) mass is 252 g/mol. The molecule has 1 aromatic heterocycles. The van der Waals surface area contributed by atoms with E-state index >= 15 is 0 Å². The van der Waals surface area contributed by atoms with E-state index in [-0.39, 0.29) is 23.3 Å². The fraction of sp³-hybridized carbons (Fsp3) is 0.692. The van der Waals surface area contributed by atoms with Crippen LogP contribution in [0.15, 0.2) is 18.7 Å². The molecule has 2 atom stereocenters. The van der Waals surface area contributed by atoms with Crippen LogP contribution in [0.3, 0.4) is 0 Å². The highest BCUT2D eigenvalue weighted by atomic mass is 16.1. The van der Waals surface area contributed by atoms with Crippen molar-refractivity contribution in [2.75, 3.05) is 6.54 Å². The van der Waals surface area contributed by atoms with Gasteiger partial charge in [0.15, 0.2) is 0 Å². The van der Waals surface area contributed by atoms with E-state index in [1.54, 1.807) is 12.5 Å². The second-order valence-electron chi connectivity index (χ2n) is 5.82. The Morgan fingerprint density at radius 1 is 1.50 bits per heavy atom. The molecule has 0 radical (unpaired) electrons. The number of hydrogen-bond donors (Lipinski definition) is 2. The summed E-state index contributed by atoms with van der Waals surface area (Å²) in [6.45, 7) is 9.26. The number of amides is 1. The minimum Gasteiger partial charge on any atom is -0.351 e. The lowest BCUT2D eigenvalue weighted by atomic mass is 9.86. The van der Waals surface area contributed by atoms with Crippen LogP contribution in [0.2, 0.25) is 0 Å². The van der Waals surface area contributed by atoms with Gasteiger partial charge in [-0.05, 0) is 5.41 Å². The van der Waals surface area contributed by atoms with Crippen LogP contribution in [0.5, 0.6) is 0 Å². The quantitative estimate of drug-likeness (QED) is 0.821. The van der Waals surface area contributed by atoms with Crippen molar-refractivity contribution < 1.29 is 4.79 Å². The molecule has 0 aromatic carbocycles. The zero-order chi connectivity index (χ0) is 13.8. The molecule has 1 aromatic rings. The van der Waals surface area contributed by atoms with Crippen LogP contribution in [0.1, 0.15) is 27.7 Å². The van der Waals surface area contributed by atoms with Gasteiger partial charge in [0.1, 0.15) is 0 Å². The van der Waals surface area contributed by atoms with Crippen LogP contribution in [-0.4, -0.2) is 28.0 Å². The molecule has 0 aliphatic rings.